The van der Waals surface area contributed by atoms with Gasteiger partial charge in [-0.1, -0.05) is 0 Å². The molecule has 0 heterocycles. The summed E-state index contributed by atoms with van der Waals surface area (Å²) in [7, 11) is 1.36. The number of alkyl carbamates (subject to hydrolysis) is 1. The highest BCUT2D eigenvalue weighted by Crippen LogP contribution is 2.23. The normalized spacial score (nSPS) is 13.1. The fourth-order valence-electron chi connectivity index (χ4n) is 1.35. The topological polar surface area (TPSA) is 103 Å². The molecule has 0 saturated carbocycles. The molecule has 1 aromatic rings. The van der Waals surface area contributed by atoms with Gasteiger partial charge in [-0.05, 0) is 37.3 Å². The average Bonchev–Trinajstić information content (AvgIpc) is 2.47. The largest absolute Gasteiger partial charge is 0.453 e. The highest BCUT2D eigenvalue weighted by atomic mass is 32.2. The zero-order chi connectivity index (χ0) is 16.0. The van der Waals surface area contributed by atoms with Crippen LogP contribution in [0.3, 0.4) is 0 Å². The van der Waals surface area contributed by atoms with Crippen molar-refractivity contribution in [3.63, 3.8) is 0 Å². The van der Waals surface area contributed by atoms with Crippen molar-refractivity contribution < 1.29 is 18.5 Å². The summed E-state index contributed by atoms with van der Waals surface area (Å²) >= 11 is 4.94. The number of carbonyl (C=O) groups is 1. The molecule has 0 saturated heterocycles. The molecule has 2 atom stereocenters. The molecule has 0 aliphatic heterocycles. The third-order valence-corrected chi connectivity index (χ3v) is 4.26. The number of nitrogen functional groups attached to an aromatic ring is 1. The van der Waals surface area contributed by atoms with Gasteiger partial charge in [-0.25, -0.2) is 4.79 Å². The number of methoxy groups -OCH3 is 2. The Morgan fingerprint density at radius 3 is 2.67 bits per heavy atom. The van der Waals surface area contributed by atoms with Gasteiger partial charge >= 0.3 is 6.09 Å². The monoisotopic (exact) mass is 331 g/mol. The Labute approximate surface area is 130 Å². The molecule has 116 valence electrons. The standard InChI is InChI=1S/C12H17N3O4S2/c1-7(18-2)21(17)8-4-5-9(13)10(6-8)14-11(20)15-12(16)19-3/h4-7H,13H2,1-3H3,(H2,14,15,16,20). The zero-order valence-corrected chi connectivity index (χ0v) is 13.5. The van der Waals surface area contributed by atoms with Crippen LogP contribution < -0.4 is 16.4 Å². The van der Waals surface area contributed by atoms with E-state index >= 15 is 0 Å². The fraction of sp³-hybridized carbons (Fsp3) is 0.333. The molecule has 4 N–H and O–H groups in total. The second kappa shape index (κ2) is 7.91. The molecular weight excluding hydrogens is 314 g/mol. The number of hydrogen-bond acceptors (Lipinski definition) is 6. The van der Waals surface area contributed by atoms with E-state index in [9.17, 15) is 9.00 Å². The molecule has 1 amide bonds. The number of rotatable bonds is 4. The highest BCUT2D eigenvalue weighted by molar-refractivity contribution is 7.85. The van der Waals surface area contributed by atoms with Crippen LogP contribution in [0, 0.1) is 0 Å². The van der Waals surface area contributed by atoms with Crippen LogP contribution >= 0.6 is 12.2 Å². The van der Waals surface area contributed by atoms with Gasteiger partial charge in [0, 0.05) is 12.0 Å². The second-order valence-electron chi connectivity index (χ2n) is 3.92. The molecule has 0 bridgehead atoms. The van der Waals surface area contributed by atoms with E-state index < -0.39 is 22.3 Å². The van der Waals surface area contributed by atoms with Gasteiger partial charge in [-0.2, -0.15) is 0 Å². The van der Waals surface area contributed by atoms with E-state index in [4.69, 9.17) is 22.7 Å². The Bertz CT molecular complexity index is 565. The van der Waals surface area contributed by atoms with Gasteiger partial charge in [0.15, 0.2) is 5.11 Å². The van der Waals surface area contributed by atoms with Crippen molar-refractivity contribution in [1.29, 1.82) is 0 Å². The van der Waals surface area contributed by atoms with Gasteiger partial charge in [0.05, 0.1) is 29.3 Å². The zero-order valence-electron chi connectivity index (χ0n) is 11.8. The first-order valence-electron chi connectivity index (χ1n) is 5.88. The van der Waals surface area contributed by atoms with Crippen LogP contribution in [0.4, 0.5) is 16.2 Å². The van der Waals surface area contributed by atoms with Crippen LogP contribution in [-0.4, -0.2) is 35.1 Å². The minimum Gasteiger partial charge on any atom is -0.453 e. The van der Waals surface area contributed by atoms with Gasteiger partial charge in [0.2, 0.25) is 0 Å². The van der Waals surface area contributed by atoms with Crippen LogP contribution in [0.2, 0.25) is 0 Å². The molecule has 0 aromatic heterocycles. The maximum absolute atomic E-state index is 12.1. The summed E-state index contributed by atoms with van der Waals surface area (Å²) < 4.78 is 21.6. The van der Waals surface area contributed by atoms with Crippen molar-refractivity contribution in [3.8, 4) is 0 Å². The molecule has 1 rings (SSSR count). The van der Waals surface area contributed by atoms with E-state index in [1.807, 2.05) is 0 Å². The van der Waals surface area contributed by atoms with Crippen LogP contribution in [0.15, 0.2) is 23.1 Å². The minimum absolute atomic E-state index is 0.0243. The first kappa shape index (κ1) is 17.3. The van der Waals surface area contributed by atoms with E-state index in [0.717, 1.165) is 0 Å². The minimum atomic E-state index is -1.35. The smallest absolute Gasteiger partial charge is 0.413 e. The molecule has 21 heavy (non-hydrogen) atoms. The maximum Gasteiger partial charge on any atom is 0.413 e. The van der Waals surface area contributed by atoms with Crippen molar-refractivity contribution in [3.05, 3.63) is 18.2 Å². The van der Waals surface area contributed by atoms with E-state index in [2.05, 4.69) is 15.4 Å². The molecule has 0 aliphatic rings. The number of hydrogen-bond donors (Lipinski definition) is 3. The molecular formula is C12H17N3O4S2. The molecule has 7 nitrogen and oxygen atoms in total. The molecule has 0 fully saturated rings. The van der Waals surface area contributed by atoms with Gasteiger partial charge in [0.1, 0.15) is 5.44 Å². The van der Waals surface area contributed by atoms with Crippen molar-refractivity contribution in [2.45, 2.75) is 17.3 Å². The lowest BCUT2D eigenvalue weighted by atomic mass is 10.3. The van der Waals surface area contributed by atoms with Gasteiger partial charge in [-0.15, -0.1) is 0 Å². The maximum atomic E-state index is 12.1. The summed E-state index contributed by atoms with van der Waals surface area (Å²) in [6.45, 7) is 1.70. The Morgan fingerprint density at radius 1 is 1.43 bits per heavy atom. The fourth-order valence-corrected chi connectivity index (χ4v) is 2.53. The molecule has 0 spiro atoms. The molecule has 0 aliphatic carbocycles. The Morgan fingerprint density at radius 2 is 2.10 bits per heavy atom. The third kappa shape index (κ3) is 4.96. The molecule has 9 heteroatoms. The van der Waals surface area contributed by atoms with Crippen molar-refractivity contribution in [1.82, 2.24) is 5.32 Å². The number of thiocarbonyl (C=S) groups is 1. The molecule has 1 aromatic carbocycles. The number of nitrogens with one attached hydrogen (secondary N) is 2. The number of nitrogens with two attached hydrogens (primary N) is 1. The highest BCUT2D eigenvalue weighted by Gasteiger charge is 2.14. The van der Waals surface area contributed by atoms with E-state index in [1.165, 1.54) is 14.2 Å². The number of amides is 1. The van der Waals surface area contributed by atoms with E-state index in [-0.39, 0.29) is 5.11 Å². The molecule has 2 unspecified atom stereocenters. The quantitative estimate of drug-likeness (QED) is 0.566. The van der Waals surface area contributed by atoms with E-state index in [0.29, 0.717) is 16.3 Å². The molecule has 0 radical (unpaired) electrons. The SMILES string of the molecule is COC(=O)NC(=S)Nc1cc(S(=O)C(C)OC)ccc1N. The predicted octanol–water partition coefficient (Wildman–Crippen LogP) is 1.42. The number of ether oxygens (including phenoxy) is 2. The van der Waals surface area contributed by atoms with Crippen molar-refractivity contribution >= 4 is 45.6 Å². The van der Waals surface area contributed by atoms with Crippen LogP contribution in [-0.2, 0) is 20.3 Å². The lowest BCUT2D eigenvalue weighted by Gasteiger charge is -2.14. The summed E-state index contributed by atoms with van der Waals surface area (Å²) in [4.78, 5) is 11.6. The van der Waals surface area contributed by atoms with Gasteiger partial charge < -0.3 is 20.5 Å². The number of benzene rings is 1. The third-order valence-electron chi connectivity index (χ3n) is 2.54. The summed E-state index contributed by atoms with van der Waals surface area (Å²) in [6.07, 6.45) is -0.696. The Kier molecular flexibility index (Phi) is 6.53. The number of carbonyl (C=O) groups excluding carboxylic acids is 1. The summed E-state index contributed by atoms with van der Waals surface area (Å²) in [5.41, 5.74) is 6.19. The second-order valence-corrected chi connectivity index (χ2v) is 6.06. The first-order chi connectivity index (χ1) is 9.88. The van der Waals surface area contributed by atoms with Crippen molar-refractivity contribution in [2.75, 3.05) is 25.3 Å². The van der Waals surface area contributed by atoms with Crippen LogP contribution in [0.25, 0.3) is 0 Å². The van der Waals surface area contributed by atoms with Crippen molar-refractivity contribution in [2.24, 2.45) is 0 Å². The summed E-state index contributed by atoms with van der Waals surface area (Å²) in [5.74, 6) is 0. The Hall–Kier alpha value is -1.71. The Balaban J connectivity index is 2.90. The summed E-state index contributed by atoms with van der Waals surface area (Å²) in [6, 6.07) is 4.83. The van der Waals surface area contributed by atoms with E-state index in [1.54, 1.807) is 25.1 Å². The lowest BCUT2D eigenvalue weighted by Crippen LogP contribution is -2.34. The average molecular weight is 331 g/mol. The summed E-state index contributed by atoms with van der Waals surface area (Å²) in [5, 5.41) is 5.06. The van der Waals surface area contributed by atoms with Gasteiger partial charge in [0.25, 0.3) is 0 Å². The predicted molar refractivity (Wildman–Crippen MR) is 85.5 cm³/mol. The lowest BCUT2D eigenvalue weighted by molar-refractivity contribution is 0.177. The first-order valence-corrected chi connectivity index (χ1v) is 7.50. The number of anilines is 2. The van der Waals surface area contributed by atoms with Gasteiger partial charge in [-0.3, -0.25) is 9.53 Å². The van der Waals surface area contributed by atoms with Crippen LogP contribution in [0.5, 0.6) is 0 Å². The van der Waals surface area contributed by atoms with Crippen LogP contribution in [0.1, 0.15) is 6.92 Å².